The number of fused-ring (bicyclic) bond motifs is 1. The maximum absolute atomic E-state index is 13.5. The van der Waals surface area contributed by atoms with E-state index in [-0.39, 0.29) is 16.9 Å². The number of benzene rings is 1. The van der Waals surface area contributed by atoms with Gasteiger partial charge in [0.2, 0.25) is 0 Å². The minimum Gasteiger partial charge on any atom is -0.324 e. The highest BCUT2D eigenvalue weighted by Gasteiger charge is 2.46. The predicted octanol–water partition coefficient (Wildman–Crippen LogP) is 4.16. The Hall–Kier alpha value is -2.91. The number of nitriles is 1. The molecule has 6 heteroatoms. The number of nitrogens with zero attached hydrogens (tertiary/aromatic N) is 5. The minimum absolute atomic E-state index is 0.111. The van der Waals surface area contributed by atoms with Crippen LogP contribution >= 0.6 is 0 Å². The van der Waals surface area contributed by atoms with E-state index in [1.807, 2.05) is 35.4 Å². The number of piperidine rings is 1. The largest absolute Gasteiger partial charge is 0.324 e. The molecule has 0 N–H and O–H groups in total. The number of likely N-dealkylation sites (tertiary alicyclic amines) is 2. The van der Waals surface area contributed by atoms with E-state index in [1.54, 1.807) is 0 Å². The van der Waals surface area contributed by atoms with Gasteiger partial charge in [-0.1, -0.05) is 26.0 Å². The number of hydrogen-bond donors (Lipinski definition) is 0. The van der Waals surface area contributed by atoms with Gasteiger partial charge < -0.3 is 4.90 Å². The smallest absolute Gasteiger partial charge is 0.324 e. The molecule has 0 aliphatic carbocycles. The van der Waals surface area contributed by atoms with E-state index in [1.165, 1.54) is 5.56 Å². The number of carbonyl (C=O) groups is 1. The molecule has 0 bridgehead atoms. The molecule has 2 saturated heterocycles. The monoisotopic (exact) mass is 429 g/mol. The summed E-state index contributed by atoms with van der Waals surface area (Å²) in [5, 5.41) is 8.98. The molecule has 4 heterocycles. The fourth-order valence-corrected chi connectivity index (χ4v) is 5.67. The van der Waals surface area contributed by atoms with Gasteiger partial charge in [-0.2, -0.15) is 5.26 Å². The third-order valence-electron chi connectivity index (χ3n) is 7.62. The number of hydrogen-bond acceptors (Lipinski definition) is 4. The van der Waals surface area contributed by atoms with Crippen molar-refractivity contribution in [1.29, 1.82) is 5.26 Å². The fourth-order valence-electron chi connectivity index (χ4n) is 5.67. The summed E-state index contributed by atoms with van der Waals surface area (Å²) in [5.41, 5.74) is 4.11. The van der Waals surface area contributed by atoms with Crippen LogP contribution in [0.1, 0.15) is 49.9 Å². The van der Waals surface area contributed by atoms with Crippen molar-refractivity contribution >= 4 is 11.7 Å². The van der Waals surface area contributed by atoms with Gasteiger partial charge in [0.05, 0.1) is 23.0 Å². The van der Waals surface area contributed by atoms with Gasteiger partial charge in [0, 0.05) is 37.8 Å². The second kappa shape index (κ2) is 7.90. The summed E-state index contributed by atoms with van der Waals surface area (Å²) in [5.74, 6) is 0. The zero-order valence-corrected chi connectivity index (χ0v) is 19.0. The van der Waals surface area contributed by atoms with Gasteiger partial charge >= 0.3 is 6.03 Å². The number of carbonyl (C=O) groups excluding carboxylic acids is 1. The molecule has 1 aromatic heterocycles. The minimum atomic E-state index is -0.111. The van der Waals surface area contributed by atoms with Gasteiger partial charge in [-0.3, -0.25) is 14.8 Å². The number of aromatic nitrogens is 1. The van der Waals surface area contributed by atoms with Crippen LogP contribution in [0, 0.1) is 16.7 Å². The van der Waals surface area contributed by atoms with Crippen LogP contribution in [0.2, 0.25) is 0 Å². The number of anilines is 1. The number of rotatable bonds is 2. The molecule has 2 fully saturated rings. The first kappa shape index (κ1) is 21.0. The Morgan fingerprint density at radius 2 is 1.78 bits per heavy atom. The average Bonchev–Trinajstić information content (AvgIpc) is 3.35. The summed E-state index contributed by atoms with van der Waals surface area (Å²) in [6.45, 7) is 9.79. The summed E-state index contributed by atoms with van der Waals surface area (Å²) in [4.78, 5) is 24.6. The van der Waals surface area contributed by atoms with Crippen LogP contribution in [-0.2, 0) is 12.0 Å². The Kier molecular flexibility index (Phi) is 5.17. The van der Waals surface area contributed by atoms with E-state index in [2.05, 4.69) is 46.8 Å². The van der Waals surface area contributed by atoms with Crippen LogP contribution in [0.15, 0.2) is 42.6 Å². The van der Waals surface area contributed by atoms with Gasteiger partial charge in [-0.05, 0) is 67.6 Å². The van der Waals surface area contributed by atoms with Crippen molar-refractivity contribution in [3.05, 3.63) is 59.4 Å². The van der Waals surface area contributed by atoms with E-state index in [9.17, 15) is 4.79 Å². The quantitative estimate of drug-likeness (QED) is 0.719. The summed E-state index contributed by atoms with van der Waals surface area (Å²) in [6, 6.07) is 14.2. The Labute approximate surface area is 190 Å². The fraction of sp³-hybridized carbons (Fsp3) is 0.500. The lowest BCUT2D eigenvalue weighted by Crippen LogP contribution is -2.46. The molecule has 0 atom stereocenters. The highest BCUT2D eigenvalue weighted by molar-refractivity contribution is 5.94. The molecular weight excluding hydrogens is 398 g/mol. The summed E-state index contributed by atoms with van der Waals surface area (Å²) in [6.07, 6.45) is 5.19. The first-order chi connectivity index (χ1) is 15.4. The number of urea groups is 1. The molecule has 166 valence electrons. The van der Waals surface area contributed by atoms with Gasteiger partial charge in [0.15, 0.2) is 0 Å². The van der Waals surface area contributed by atoms with E-state index >= 15 is 0 Å². The maximum Gasteiger partial charge on any atom is 0.324 e. The Morgan fingerprint density at radius 1 is 1.06 bits per heavy atom. The molecule has 32 heavy (non-hydrogen) atoms. The molecule has 5 rings (SSSR count). The van der Waals surface area contributed by atoms with Gasteiger partial charge in [0.1, 0.15) is 0 Å². The average molecular weight is 430 g/mol. The van der Waals surface area contributed by atoms with Crippen LogP contribution in [0.3, 0.4) is 0 Å². The zero-order chi connectivity index (χ0) is 22.3. The first-order valence-electron chi connectivity index (χ1n) is 11.6. The van der Waals surface area contributed by atoms with Crippen molar-refractivity contribution in [1.82, 2.24) is 14.8 Å². The zero-order valence-electron chi connectivity index (χ0n) is 19.0. The summed E-state index contributed by atoms with van der Waals surface area (Å²) in [7, 11) is 0. The molecular formula is C26H31N5O. The van der Waals surface area contributed by atoms with Crippen molar-refractivity contribution in [2.24, 2.45) is 5.41 Å². The highest BCUT2D eigenvalue weighted by Crippen LogP contribution is 2.43. The number of pyridine rings is 1. The van der Waals surface area contributed by atoms with Crippen LogP contribution in [-0.4, -0.2) is 53.5 Å². The Morgan fingerprint density at radius 3 is 2.50 bits per heavy atom. The molecule has 0 saturated carbocycles. The van der Waals surface area contributed by atoms with Gasteiger partial charge in [0.25, 0.3) is 0 Å². The van der Waals surface area contributed by atoms with Crippen LogP contribution < -0.4 is 4.90 Å². The molecule has 3 aliphatic rings. The first-order valence-corrected chi connectivity index (χ1v) is 11.6. The molecule has 2 aromatic rings. The van der Waals surface area contributed by atoms with Crippen molar-refractivity contribution < 1.29 is 4.79 Å². The van der Waals surface area contributed by atoms with Crippen LogP contribution in [0.4, 0.5) is 10.5 Å². The summed E-state index contributed by atoms with van der Waals surface area (Å²) >= 11 is 0. The third-order valence-corrected chi connectivity index (χ3v) is 7.62. The maximum atomic E-state index is 13.5. The van der Waals surface area contributed by atoms with Crippen molar-refractivity contribution in [2.45, 2.75) is 45.1 Å². The lowest BCUT2D eigenvalue weighted by molar-refractivity contribution is 0.105. The second-order valence-corrected chi connectivity index (χ2v) is 10.4. The van der Waals surface area contributed by atoms with Crippen molar-refractivity contribution in [3.63, 3.8) is 0 Å². The van der Waals surface area contributed by atoms with E-state index in [0.29, 0.717) is 12.1 Å². The summed E-state index contributed by atoms with van der Waals surface area (Å²) < 4.78 is 0. The molecule has 1 spiro atoms. The molecule has 6 nitrogen and oxygen atoms in total. The highest BCUT2D eigenvalue weighted by atomic mass is 16.2. The second-order valence-electron chi connectivity index (χ2n) is 10.4. The predicted molar refractivity (Wildman–Crippen MR) is 124 cm³/mol. The van der Waals surface area contributed by atoms with Crippen LogP contribution in [0.25, 0.3) is 0 Å². The molecule has 2 amide bonds. The van der Waals surface area contributed by atoms with E-state index in [0.717, 1.165) is 63.4 Å². The molecule has 0 unspecified atom stereocenters. The lowest BCUT2D eigenvalue weighted by atomic mass is 9.77. The molecule has 1 aromatic carbocycles. The van der Waals surface area contributed by atoms with Crippen molar-refractivity contribution in [2.75, 3.05) is 37.6 Å². The van der Waals surface area contributed by atoms with E-state index in [4.69, 9.17) is 5.26 Å². The topological polar surface area (TPSA) is 63.5 Å². The Bertz CT molecular complexity index is 1050. The lowest BCUT2D eigenvalue weighted by Gasteiger charge is -2.39. The van der Waals surface area contributed by atoms with E-state index < -0.39 is 0 Å². The normalized spacial score (nSPS) is 21.5. The van der Waals surface area contributed by atoms with Crippen LogP contribution in [0.5, 0.6) is 0 Å². The third kappa shape index (κ3) is 3.75. The van der Waals surface area contributed by atoms with Gasteiger partial charge in [-0.25, -0.2) is 4.79 Å². The number of amides is 2. The standard InChI is InChI=1S/C26H31N5O/c1-25(2)18-31(22-4-3-12-28-23(22)25)24(32)30-15-11-26(19-30)9-13-29(14-10-26)17-21-7-5-20(16-27)6-8-21/h3-8,12H,9-11,13-15,17-19H2,1-2H3. The van der Waals surface area contributed by atoms with Crippen molar-refractivity contribution in [3.8, 4) is 6.07 Å². The molecule has 0 radical (unpaired) electrons. The van der Waals surface area contributed by atoms with Gasteiger partial charge in [-0.15, -0.1) is 0 Å². The SMILES string of the molecule is CC1(C)CN(C(=O)N2CCC3(CCN(Cc4ccc(C#N)cc4)CC3)C2)c2cccnc21. The molecule has 3 aliphatic heterocycles. The Balaban J connectivity index is 1.20.